The van der Waals surface area contributed by atoms with E-state index in [4.69, 9.17) is 17.0 Å². The summed E-state index contributed by atoms with van der Waals surface area (Å²) < 4.78 is 1.27. The monoisotopic (exact) mass is 180 g/mol. The van der Waals surface area contributed by atoms with Crippen LogP contribution in [0, 0.1) is 5.41 Å². The molecule has 0 spiro atoms. The minimum absolute atomic E-state index is 0.149. The number of aromatic nitrogens is 3. The van der Waals surface area contributed by atoms with Gasteiger partial charge in [-0.2, -0.15) is 4.68 Å². The van der Waals surface area contributed by atoms with Gasteiger partial charge in [-0.05, 0) is 23.7 Å². The molecule has 0 fully saturated rings. The molecule has 0 amide bonds. The largest absolute Gasteiger partial charge is 0.272 e. The lowest BCUT2D eigenvalue weighted by atomic mass is 10.3. The molecule has 0 aliphatic heterocycles. The van der Waals surface area contributed by atoms with Gasteiger partial charge in [0.1, 0.15) is 5.52 Å². The summed E-state index contributed by atoms with van der Waals surface area (Å²) in [4.78, 5) is 0. The number of hydrogen-bond donors (Lipinski definition) is 1. The fraction of sp³-hybridized carbons (Fsp3) is 0. The van der Waals surface area contributed by atoms with Gasteiger partial charge in [-0.15, -0.1) is 5.10 Å². The molecular weight excluding hydrogens is 176 g/mol. The molecule has 1 aromatic carbocycles. The summed E-state index contributed by atoms with van der Waals surface area (Å²) in [5.41, 5.74) is 1.49. The normalized spacial score (nSPS) is 10.4. The third kappa shape index (κ3) is 0.967. The Balaban J connectivity index is 2.79. The third-order valence-corrected chi connectivity index (χ3v) is 1.70. The minimum atomic E-state index is -0.149. The van der Waals surface area contributed by atoms with Crippen LogP contribution in [0.1, 0.15) is 0 Å². The number of benzene rings is 1. The van der Waals surface area contributed by atoms with E-state index >= 15 is 0 Å². The van der Waals surface area contributed by atoms with E-state index in [0.717, 1.165) is 11.0 Å². The van der Waals surface area contributed by atoms with E-state index in [2.05, 4.69) is 10.3 Å². The van der Waals surface area contributed by atoms with Crippen LogP contribution in [0.15, 0.2) is 24.3 Å². The lowest BCUT2D eigenvalue weighted by Crippen LogP contribution is -2.04. The van der Waals surface area contributed by atoms with Crippen molar-refractivity contribution < 1.29 is 0 Å². The standard InChI is InChI=1S/C7H5ClN4/c8-7(9)12-6-4-2-1-3-5(6)10-11-12/h1-4,9H. The molecular formula is C7H5ClN4. The Hall–Kier alpha value is -1.42. The third-order valence-electron chi connectivity index (χ3n) is 1.54. The second-order valence-corrected chi connectivity index (χ2v) is 2.64. The molecule has 60 valence electrons. The van der Waals surface area contributed by atoms with Crippen LogP contribution in [0.3, 0.4) is 0 Å². The molecule has 1 aromatic heterocycles. The summed E-state index contributed by atoms with van der Waals surface area (Å²) in [7, 11) is 0. The summed E-state index contributed by atoms with van der Waals surface area (Å²) in [5, 5.41) is 14.5. The molecule has 0 bridgehead atoms. The molecule has 2 aromatic rings. The average Bonchev–Trinajstić information content (AvgIpc) is 2.47. The van der Waals surface area contributed by atoms with Crippen molar-refractivity contribution in [3.05, 3.63) is 24.3 Å². The second kappa shape index (κ2) is 2.57. The van der Waals surface area contributed by atoms with E-state index in [1.165, 1.54) is 4.68 Å². The quantitative estimate of drug-likeness (QED) is 0.493. The predicted molar refractivity (Wildman–Crippen MR) is 46.5 cm³/mol. The van der Waals surface area contributed by atoms with Gasteiger partial charge in [-0.3, -0.25) is 5.41 Å². The van der Waals surface area contributed by atoms with Gasteiger partial charge in [-0.1, -0.05) is 17.3 Å². The van der Waals surface area contributed by atoms with Crippen molar-refractivity contribution in [1.29, 1.82) is 5.41 Å². The van der Waals surface area contributed by atoms with Crippen LogP contribution in [0.4, 0.5) is 0 Å². The zero-order valence-electron chi connectivity index (χ0n) is 6.03. The first-order valence-electron chi connectivity index (χ1n) is 3.34. The van der Waals surface area contributed by atoms with Crippen molar-refractivity contribution in [3.8, 4) is 0 Å². The number of nitrogens with one attached hydrogen (secondary N) is 1. The Morgan fingerprint density at radius 2 is 2.17 bits per heavy atom. The summed E-state index contributed by atoms with van der Waals surface area (Å²) >= 11 is 5.47. The lowest BCUT2D eigenvalue weighted by molar-refractivity contribution is 0.866. The number of hydrogen-bond acceptors (Lipinski definition) is 3. The number of halogens is 1. The molecule has 4 nitrogen and oxygen atoms in total. The molecule has 1 N–H and O–H groups in total. The molecule has 5 heteroatoms. The first kappa shape index (κ1) is 7.24. The summed E-state index contributed by atoms with van der Waals surface area (Å²) in [5.74, 6) is 0. The topological polar surface area (TPSA) is 54.6 Å². The van der Waals surface area contributed by atoms with Crippen LogP contribution in [0.25, 0.3) is 11.0 Å². The van der Waals surface area contributed by atoms with Crippen molar-refractivity contribution in [3.63, 3.8) is 0 Å². The van der Waals surface area contributed by atoms with E-state index in [1.54, 1.807) is 0 Å². The van der Waals surface area contributed by atoms with Crippen molar-refractivity contribution in [1.82, 2.24) is 15.0 Å². The molecule has 0 atom stereocenters. The minimum Gasteiger partial charge on any atom is -0.272 e. The highest BCUT2D eigenvalue weighted by Crippen LogP contribution is 2.09. The van der Waals surface area contributed by atoms with E-state index in [-0.39, 0.29) is 5.29 Å². The SMILES string of the molecule is N=C(Cl)n1nnc2ccccc21. The molecule has 0 saturated carbocycles. The van der Waals surface area contributed by atoms with Crippen LogP contribution >= 0.6 is 11.6 Å². The second-order valence-electron chi connectivity index (χ2n) is 2.28. The van der Waals surface area contributed by atoms with Gasteiger partial charge >= 0.3 is 0 Å². The van der Waals surface area contributed by atoms with Gasteiger partial charge in [0.2, 0.25) is 5.29 Å². The van der Waals surface area contributed by atoms with Gasteiger partial charge in [0.05, 0.1) is 5.52 Å². The van der Waals surface area contributed by atoms with Gasteiger partial charge in [0.25, 0.3) is 0 Å². The van der Waals surface area contributed by atoms with Crippen molar-refractivity contribution in [2.24, 2.45) is 0 Å². The lowest BCUT2D eigenvalue weighted by Gasteiger charge is -1.93. The zero-order chi connectivity index (χ0) is 8.55. The fourth-order valence-electron chi connectivity index (χ4n) is 1.01. The first-order chi connectivity index (χ1) is 5.79. The molecule has 2 rings (SSSR count). The highest BCUT2D eigenvalue weighted by Gasteiger charge is 2.04. The summed E-state index contributed by atoms with van der Waals surface area (Å²) in [6.45, 7) is 0. The van der Waals surface area contributed by atoms with Gasteiger partial charge < -0.3 is 0 Å². The fourth-order valence-corrected chi connectivity index (χ4v) is 1.14. The van der Waals surface area contributed by atoms with Crippen molar-refractivity contribution in [2.75, 3.05) is 0 Å². The van der Waals surface area contributed by atoms with E-state index in [9.17, 15) is 0 Å². The summed E-state index contributed by atoms with van der Waals surface area (Å²) in [6, 6.07) is 7.34. The zero-order valence-corrected chi connectivity index (χ0v) is 6.78. The molecule has 0 unspecified atom stereocenters. The summed E-state index contributed by atoms with van der Waals surface area (Å²) in [6.07, 6.45) is 0. The molecule has 1 heterocycles. The van der Waals surface area contributed by atoms with E-state index in [1.807, 2.05) is 24.3 Å². The predicted octanol–water partition coefficient (Wildman–Crippen LogP) is 1.45. The first-order valence-corrected chi connectivity index (χ1v) is 3.72. The van der Waals surface area contributed by atoms with Crippen LogP contribution < -0.4 is 0 Å². The van der Waals surface area contributed by atoms with Gasteiger partial charge in [0, 0.05) is 0 Å². The number of para-hydroxylation sites is 1. The maximum atomic E-state index is 7.16. The van der Waals surface area contributed by atoms with Gasteiger partial charge in [0.15, 0.2) is 0 Å². The number of nitrogens with zero attached hydrogens (tertiary/aromatic N) is 3. The van der Waals surface area contributed by atoms with Gasteiger partial charge in [-0.25, -0.2) is 0 Å². The van der Waals surface area contributed by atoms with Crippen LogP contribution in [0.5, 0.6) is 0 Å². The Labute approximate surface area is 73.3 Å². The van der Waals surface area contributed by atoms with E-state index < -0.39 is 0 Å². The molecule has 12 heavy (non-hydrogen) atoms. The highest BCUT2D eigenvalue weighted by atomic mass is 35.5. The maximum Gasteiger partial charge on any atom is 0.218 e. The highest BCUT2D eigenvalue weighted by molar-refractivity contribution is 6.64. The van der Waals surface area contributed by atoms with E-state index in [0.29, 0.717) is 0 Å². The van der Waals surface area contributed by atoms with Crippen molar-refractivity contribution in [2.45, 2.75) is 0 Å². The average molecular weight is 181 g/mol. The molecule has 0 saturated heterocycles. The molecule has 0 aliphatic carbocycles. The Morgan fingerprint density at radius 1 is 1.42 bits per heavy atom. The van der Waals surface area contributed by atoms with Crippen LogP contribution in [0.2, 0.25) is 0 Å². The Kier molecular flexibility index (Phi) is 1.55. The number of fused-ring (bicyclic) bond motifs is 1. The van der Waals surface area contributed by atoms with Crippen molar-refractivity contribution >= 4 is 27.9 Å². The molecule has 0 radical (unpaired) electrons. The smallest absolute Gasteiger partial charge is 0.218 e. The van der Waals surface area contributed by atoms with Crippen LogP contribution in [-0.2, 0) is 0 Å². The Morgan fingerprint density at radius 3 is 2.92 bits per heavy atom. The van der Waals surface area contributed by atoms with Crippen LogP contribution in [-0.4, -0.2) is 20.3 Å². The molecule has 0 aliphatic rings. The Bertz CT molecular complexity index is 434. The maximum absolute atomic E-state index is 7.16. The number of rotatable bonds is 0.